The van der Waals surface area contributed by atoms with Gasteiger partial charge in [0.2, 0.25) is 0 Å². The summed E-state index contributed by atoms with van der Waals surface area (Å²) in [6, 6.07) is 16.6. The number of rotatable bonds is 2. The van der Waals surface area contributed by atoms with E-state index in [-0.39, 0.29) is 5.82 Å². The molecule has 0 aliphatic carbocycles. The first kappa shape index (κ1) is 16.7. The highest BCUT2D eigenvalue weighted by atomic mass is 19.1. The lowest BCUT2D eigenvalue weighted by Crippen LogP contribution is -2.26. The molecule has 1 aromatic heterocycles. The van der Waals surface area contributed by atoms with Crippen LogP contribution in [-0.2, 0) is 6.54 Å². The number of aromatic nitrogens is 2. The molecular weight excluding hydrogens is 327 g/mol. The lowest BCUT2D eigenvalue weighted by molar-refractivity contribution is 0.343. The van der Waals surface area contributed by atoms with Crippen LogP contribution < -0.4 is 4.90 Å². The van der Waals surface area contributed by atoms with Crippen LogP contribution in [0.1, 0.15) is 11.3 Å². The van der Waals surface area contributed by atoms with E-state index in [9.17, 15) is 4.39 Å². The molecule has 0 bridgehead atoms. The number of hydrogen-bond donors (Lipinski definition) is 0. The highest BCUT2D eigenvalue weighted by molar-refractivity contribution is 5.72. The second kappa shape index (κ2) is 6.84. The summed E-state index contributed by atoms with van der Waals surface area (Å²) in [5, 5.41) is 8.12. The minimum atomic E-state index is -0.226. The fourth-order valence-electron chi connectivity index (χ4n) is 3.30. The van der Waals surface area contributed by atoms with E-state index in [0.29, 0.717) is 5.69 Å². The standard InChI is InChI=1S/C21H19FN4/c1-15-6-8-20(24-23-15)16-7-9-21-17(12-16)14-25(2)10-11-26(21)19-5-3-4-18(22)13-19/h1,3-9,12-13H,10-11,14H2,2H3. The van der Waals surface area contributed by atoms with Crippen molar-refractivity contribution in [3.63, 3.8) is 0 Å². The Hall–Kier alpha value is -2.79. The molecule has 2 heterocycles. The molecule has 2 radical (unpaired) electrons. The van der Waals surface area contributed by atoms with Gasteiger partial charge in [0.1, 0.15) is 5.82 Å². The van der Waals surface area contributed by atoms with Gasteiger partial charge in [-0.25, -0.2) is 4.39 Å². The van der Waals surface area contributed by atoms with Gasteiger partial charge in [-0.2, -0.15) is 10.2 Å². The average molecular weight is 346 g/mol. The number of hydrogen-bond acceptors (Lipinski definition) is 4. The maximum atomic E-state index is 13.7. The summed E-state index contributed by atoms with van der Waals surface area (Å²) < 4.78 is 13.7. The van der Waals surface area contributed by atoms with Crippen molar-refractivity contribution in [3.8, 4) is 11.3 Å². The predicted molar refractivity (Wildman–Crippen MR) is 101 cm³/mol. The summed E-state index contributed by atoms with van der Waals surface area (Å²) >= 11 is 0. The van der Waals surface area contributed by atoms with Crippen molar-refractivity contribution in [2.45, 2.75) is 6.54 Å². The molecule has 0 amide bonds. The van der Waals surface area contributed by atoms with Gasteiger partial charge in [-0.1, -0.05) is 12.1 Å². The van der Waals surface area contributed by atoms with E-state index >= 15 is 0 Å². The molecule has 1 aliphatic heterocycles. The van der Waals surface area contributed by atoms with Crippen molar-refractivity contribution in [2.24, 2.45) is 0 Å². The van der Waals surface area contributed by atoms with Gasteiger partial charge in [-0.15, -0.1) is 0 Å². The maximum absolute atomic E-state index is 13.7. The molecule has 0 saturated heterocycles. The zero-order valence-corrected chi connectivity index (χ0v) is 14.6. The van der Waals surface area contributed by atoms with Crippen LogP contribution in [0.15, 0.2) is 54.6 Å². The van der Waals surface area contributed by atoms with E-state index in [0.717, 1.165) is 42.3 Å². The molecule has 0 atom stereocenters. The quantitative estimate of drug-likeness (QED) is 0.704. The van der Waals surface area contributed by atoms with E-state index in [1.165, 1.54) is 11.6 Å². The first-order chi connectivity index (χ1) is 12.6. The van der Waals surface area contributed by atoms with Gasteiger partial charge < -0.3 is 9.80 Å². The molecule has 4 rings (SSSR count). The van der Waals surface area contributed by atoms with Crippen molar-refractivity contribution < 1.29 is 4.39 Å². The highest BCUT2D eigenvalue weighted by Crippen LogP contribution is 2.34. The van der Waals surface area contributed by atoms with Crippen LogP contribution in [0.3, 0.4) is 0 Å². The SMILES string of the molecule is [CH]c1ccc(-c2ccc3c(c2)CN(C)CCN3c2cccc(F)c2)nn1. The average Bonchev–Trinajstić information content (AvgIpc) is 2.80. The summed E-state index contributed by atoms with van der Waals surface area (Å²) in [4.78, 5) is 4.43. The fourth-order valence-corrected chi connectivity index (χ4v) is 3.30. The second-order valence-corrected chi connectivity index (χ2v) is 6.56. The lowest BCUT2D eigenvalue weighted by Gasteiger charge is -2.25. The first-order valence-electron chi connectivity index (χ1n) is 8.54. The summed E-state index contributed by atoms with van der Waals surface area (Å²) in [5.74, 6) is -0.226. The summed E-state index contributed by atoms with van der Waals surface area (Å²) in [6.07, 6.45) is 0. The third-order valence-corrected chi connectivity index (χ3v) is 4.62. The fraction of sp³-hybridized carbons (Fsp3) is 0.190. The molecule has 0 saturated carbocycles. The zero-order valence-electron chi connectivity index (χ0n) is 14.6. The van der Waals surface area contributed by atoms with Crippen LogP contribution in [-0.4, -0.2) is 35.2 Å². The first-order valence-corrected chi connectivity index (χ1v) is 8.54. The molecule has 0 fully saturated rings. The highest BCUT2D eigenvalue weighted by Gasteiger charge is 2.20. The van der Waals surface area contributed by atoms with Gasteiger partial charge in [0.05, 0.1) is 11.4 Å². The number of likely N-dealkylation sites (N-methyl/N-ethyl adjacent to an activating group) is 1. The van der Waals surface area contributed by atoms with Crippen LogP contribution >= 0.6 is 0 Å². The number of benzene rings is 2. The Kier molecular flexibility index (Phi) is 4.39. The van der Waals surface area contributed by atoms with Gasteiger partial charge in [0.25, 0.3) is 0 Å². The van der Waals surface area contributed by atoms with Gasteiger partial charge >= 0.3 is 0 Å². The van der Waals surface area contributed by atoms with Gasteiger partial charge in [-0.3, -0.25) is 0 Å². The van der Waals surface area contributed by atoms with E-state index in [1.54, 1.807) is 18.2 Å². The molecule has 5 heteroatoms. The van der Waals surface area contributed by atoms with Crippen LogP contribution in [0.4, 0.5) is 15.8 Å². The Morgan fingerprint density at radius 3 is 2.65 bits per heavy atom. The predicted octanol–water partition coefficient (Wildman–Crippen LogP) is 3.93. The van der Waals surface area contributed by atoms with Crippen molar-refractivity contribution in [1.29, 1.82) is 0 Å². The summed E-state index contributed by atoms with van der Waals surface area (Å²) in [5.41, 5.74) is 5.30. The number of nitrogens with zero attached hydrogens (tertiary/aromatic N) is 4. The molecular formula is C21H19FN4. The zero-order chi connectivity index (χ0) is 18.1. The van der Waals surface area contributed by atoms with Crippen LogP contribution in [0.25, 0.3) is 11.3 Å². The topological polar surface area (TPSA) is 32.3 Å². The monoisotopic (exact) mass is 346 g/mol. The Labute approximate surface area is 152 Å². The summed E-state index contributed by atoms with van der Waals surface area (Å²) in [7, 11) is 2.09. The molecule has 26 heavy (non-hydrogen) atoms. The molecule has 2 aromatic carbocycles. The van der Waals surface area contributed by atoms with E-state index < -0.39 is 0 Å². The molecule has 130 valence electrons. The van der Waals surface area contributed by atoms with Crippen molar-refractivity contribution in [3.05, 3.63) is 78.6 Å². The third-order valence-electron chi connectivity index (χ3n) is 4.62. The largest absolute Gasteiger partial charge is 0.340 e. The number of fused-ring (bicyclic) bond motifs is 1. The van der Waals surface area contributed by atoms with Crippen LogP contribution in [0, 0.1) is 12.7 Å². The van der Waals surface area contributed by atoms with Gasteiger partial charge in [-0.05, 0) is 55.1 Å². The Balaban J connectivity index is 1.78. The molecule has 0 N–H and O–H groups in total. The lowest BCUT2D eigenvalue weighted by atomic mass is 10.0. The van der Waals surface area contributed by atoms with Gasteiger partial charge in [0, 0.05) is 43.5 Å². The molecule has 0 unspecified atom stereocenters. The van der Waals surface area contributed by atoms with Crippen molar-refractivity contribution in [2.75, 3.05) is 25.0 Å². The smallest absolute Gasteiger partial charge is 0.125 e. The van der Waals surface area contributed by atoms with Crippen molar-refractivity contribution in [1.82, 2.24) is 15.1 Å². The molecule has 0 spiro atoms. The van der Waals surface area contributed by atoms with Gasteiger partial charge in [0.15, 0.2) is 0 Å². The molecule has 3 aromatic rings. The van der Waals surface area contributed by atoms with E-state index in [1.807, 2.05) is 18.2 Å². The van der Waals surface area contributed by atoms with Crippen LogP contribution in [0.5, 0.6) is 0 Å². The maximum Gasteiger partial charge on any atom is 0.125 e. The molecule has 1 aliphatic rings. The second-order valence-electron chi connectivity index (χ2n) is 6.56. The Bertz CT molecular complexity index is 924. The Morgan fingerprint density at radius 1 is 1.00 bits per heavy atom. The number of halogens is 1. The van der Waals surface area contributed by atoms with Crippen molar-refractivity contribution >= 4 is 11.4 Å². The normalized spacial score (nSPS) is 14.8. The van der Waals surface area contributed by atoms with E-state index in [4.69, 9.17) is 6.92 Å². The third kappa shape index (κ3) is 3.30. The van der Waals surface area contributed by atoms with Crippen LogP contribution in [0.2, 0.25) is 0 Å². The molecule has 4 nitrogen and oxygen atoms in total. The minimum absolute atomic E-state index is 0.226. The van der Waals surface area contributed by atoms with E-state index in [2.05, 4.69) is 39.2 Å². The Morgan fingerprint density at radius 2 is 1.88 bits per heavy atom. The summed E-state index contributed by atoms with van der Waals surface area (Å²) in [6.45, 7) is 8.14. The minimum Gasteiger partial charge on any atom is -0.340 e. The number of anilines is 2.